The summed E-state index contributed by atoms with van der Waals surface area (Å²) in [4.78, 5) is 37.1. The van der Waals surface area contributed by atoms with Crippen molar-refractivity contribution < 1.29 is 14.4 Å². The van der Waals surface area contributed by atoms with Crippen molar-refractivity contribution in [2.24, 2.45) is 11.7 Å². The molecule has 8 heteroatoms. The van der Waals surface area contributed by atoms with Crippen molar-refractivity contribution >= 4 is 17.7 Å². The third kappa shape index (κ3) is 4.33. The summed E-state index contributed by atoms with van der Waals surface area (Å²) in [6.07, 6.45) is 4.63. The van der Waals surface area contributed by atoms with E-state index >= 15 is 0 Å². The SMILES string of the molecule is CC(=O)NCc1cnn(-c2ccccc2C(=O)N2CCC(C(N)=O)CC2)c1. The van der Waals surface area contributed by atoms with Crippen LogP contribution in [0.15, 0.2) is 36.7 Å². The summed E-state index contributed by atoms with van der Waals surface area (Å²) in [5.41, 5.74) is 7.43. The Hall–Kier alpha value is -3.16. The minimum Gasteiger partial charge on any atom is -0.369 e. The molecule has 2 aromatic rings. The van der Waals surface area contributed by atoms with Gasteiger partial charge >= 0.3 is 0 Å². The molecule has 1 saturated heterocycles. The number of amides is 3. The van der Waals surface area contributed by atoms with E-state index in [0.29, 0.717) is 43.7 Å². The first kappa shape index (κ1) is 18.6. The van der Waals surface area contributed by atoms with Gasteiger partial charge in [0.25, 0.3) is 5.91 Å². The summed E-state index contributed by atoms with van der Waals surface area (Å²) in [6, 6.07) is 7.26. The highest BCUT2D eigenvalue weighted by Gasteiger charge is 2.27. The van der Waals surface area contributed by atoms with Gasteiger partial charge in [-0.05, 0) is 25.0 Å². The molecule has 0 saturated carbocycles. The van der Waals surface area contributed by atoms with Crippen LogP contribution in [0.25, 0.3) is 5.69 Å². The van der Waals surface area contributed by atoms with Gasteiger partial charge in [-0.25, -0.2) is 4.68 Å². The lowest BCUT2D eigenvalue weighted by molar-refractivity contribution is -0.123. The average Bonchev–Trinajstić information content (AvgIpc) is 3.15. The molecule has 1 aromatic heterocycles. The molecule has 3 rings (SSSR count). The lowest BCUT2D eigenvalue weighted by atomic mass is 9.95. The van der Waals surface area contributed by atoms with Gasteiger partial charge in [0, 0.05) is 44.2 Å². The molecule has 0 aliphatic carbocycles. The predicted molar refractivity (Wildman–Crippen MR) is 98.9 cm³/mol. The summed E-state index contributed by atoms with van der Waals surface area (Å²) < 4.78 is 1.64. The molecule has 0 radical (unpaired) electrons. The number of piperidine rings is 1. The lowest BCUT2D eigenvalue weighted by Crippen LogP contribution is -2.42. The van der Waals surface area contributed by atoms with Gasteiger partial charge in [-0.15, -0.1) is 0 Å². The summed E-state index contributed by atoms with van der Waals surface area (Å²) in [5.74, 6) is -0.664. The number of nitrogens with zero attached hydrogens (tertiary/aromatic N) is 3. The maximum Gasteiger partial charge on any atom is 0.256 e. The number of nitrogens with two attached hydrogens (primary N) is 1. The number of carbonyl (C=O) groups is 3. The number of hydrogen-bond donors (Lipinski definition) is 2. The predicted octanol–water partition coefficient (Wildman–Crippen LogP) is 0.846. The van der Waals surface area contributed by atoms with Crippen LogP contribution in [0.4, 0.5) is 0 Å². The third-order valence-electron chi connectivity index (χ3n) is 4.74. The zero-order valence-corrected chi connectivity index (χ0v) is 15.2. The number of rotatable bonds is 5. The fourth-order valence-corrected chi connectivity index (χ4v) is 3.20. The summed E-state index contributed by atoms with van der Waals surface area (Å²) in [7, 11) is 0. The molecule has 1 aliphatic rings. The fourth-order valence-electron chi connectivity index (χ4n) is 3.20. The van der Waals surface area contributed by atoms with Gasteiger partial charge in [-0.1, -0.05) is 12.1 Å². The first-order valence-corrected chi connectivity index (χ1v) is 8.91. The second-order valence-corrected chi connectivity index (χ2v) is 6.69. The number of aromatic nitrogens is 2. The number of carbonyl (C=O) groups excluding carboxylic acids is 3. The van der Waals surface area contributed by atoms with E-state index in [-0.39, 0.29) is 23.6 Å². The van der Waals surface area contributed by atoms with Crippen LogP contribution in [0.3, 0.4) is 0 Å². The quantitative estimate of drug-likeness (QED) is 0.814. The zero-order valence-electron chi connectivity index (χ0n) is 15.2. The Labute approximate surface area is 157 Å². The van der Waals surface area contributed by atoms with Crippen molar-refractivity contribution in [3.63, 3.8) is 0 Å². The molecule has 1 aliphatic heterocycles. The highest BCUT2D eigenvalue weighted by atomic mass is 16.2. The number of primary amides is 1. The van der Waals surface area contributed by atoms with Crippen molar-refractivity contribution in [3.8, 4) is 5.69 Å². The molecule has 142 valence electrons. The molecule has 0 atom stereocenters. The molecule has 2 heterocycles. The van der Waals surface area contributed by atoms with Gasteiger partial charge < -0.3 is 16.0 Å². The highest BCUT2D eigenvalue weighted by Crippen LogP contribution is 2.22. The number of likely N-dealkylation sites (tertiary alicyclic amines) is 1. The molecule has 1 fully saturated rings. The van der Waals surface area contributed by atoms with Crippen LogP contribution in [0.5, 0.6) is 0 Å². The molecule has 1 aromatic carbocycles. The average molecular weight is 369 g/mol. The minimum absolute atomic E-state index is 0.0903. The van der Waals surface area contributed by atoms with Gasteiger partial charge in [-0.3, -0.25) is 14.4 Å². The lowest BCUT2D eigenvalue weighted by Gasteiger charge is -2.31. The number of benzene rings is 1. The molecule has 3 amide bonds. The van der Waals surface area contributed by atoms with Crippen molar-refractivity contribution in [2.45, 2.75) is 26.3 Å². The summed E-state index contributed by atoms with van der Waals surface area (Å²) in [5, 5.41) is 7.04. The first-order valence-electron chi connectivity index (χ1n) is 8.91. The maximum absolute atomic E-state index is 13.0. The molecular weight excluding hydrogens is 346 g/mol. The molecular formula is C19H23N5O3. The largest absolute Gasteiger partial charge is 0.369 e. The number of hydrogen-bond acceptors (Lipinski definition) is 4. The van der Waals surface area contributed by atoms with E-state index in [4.69, 9.17) is 5.73 Å². The Bertz CT molecular complexity index is 853. The zero-order chi connectivity index (χ0) is 19.4. The Balaban J connectivity index is 1.77. The molecule has 3 N–H and O–H groups in total. The van der Waals surface area contributed by atoms with Crippen LogP contribution < -0.4 is 11.1 Å². The minimum atomic E-state index is -0.300. The van der Waals surface area contributed by atoms with Crippen molar-refractivity contribution in [1.29, 1.82) is 0 Å². The molecule has 0 spiro atoms. The maximum atomic E-state index is 13.0. The van der Waals surface area contributed by atoms with E-state index in [9.17, 15) is 14.4 Å². The van der Waals surface area contributed by atoms with Crippen molar-refractivity contribution in [2.75, 3.05) is 13.1 Å². The first-order chi connectivity index (χ1) is 13.0. The molecule has 0 bridgehead atoms. The van der Waals surface area contributed by atoms with Crippen LogP contribution in [0, 0.1) is 5.92 Å². The van der Waals surface area contributed by atoms with E-state index < -0.39 is 0 Å². The molecule has 8 nitrogen and oxygen atoms in total. The Morgan fingerprint density at radius 1 is 1.22 bits per heavy atom. The molecule has 27 heavy (non-hydrogen) atoms. The Morgan fingerprint density at radius 3 is 2.59 bits per heavy atom. The van der Waals surface area contributed by atoms with Crippen LogP contribution >= 0.6 is 0 Å². The standard InChI is InChI=1S/C19H23N5O3/c1-13(25)21-10-14-11-22-24(12-14)17-5-3-2-4-16(17)19(27)23-8-6-15(7-9-23)18(20)26/h2-5,11-12,15H,6-10H2,1H3,(H2,20,26)(H,21,25). The smallest absolute Gasteiger partial charge is 0.256 e. The normalized spacial score (nSPS) is 14.8. The van der Waals surface area contributed by atoms with Crippen LogP contribution in [-0.2, 0) is 16.1 Å². The van der Waals surface area contributed by atoms with E-state index in [1.54, 1.807) is 28.0 Å². The second kappa shape index (κ2) is 8.03. The van der Waals surface area contributed by atoms with Crippen LogP contribution in [0.2, 0.25) is 0 Å². The topological polar surface area (TPSA) is 110 Å². The third-order valence-corrected chi connectivity index (χ3v) is 4.74. The van der Waals surface area contributed by atoms with Crippen LogP contribution in [-0.4, -0.2) is 45.5 Å². The summed E-state index contributed by atoms with van der Waals surface area (Å²) >= 11 is 0. The van der Waals surface area contributed by atoms with Crippen molar-refractivity contribution in [1.82, 2.24) is 20.0 Å². The van der Waals surface area contributed by atoms with Crippen molar-refractivity contribution in [3.05, 3.63) is 47.8 Å². The molecule has 0 unspecified atom stereocenters. The van der Waals surface area contributed by atoms with E-state index in [0.717, 1.165) is 5.56 Å². The van der Waals surface area contributed by atoms with Gasteiger partial charge in [-0.2, -0.15) is 5.10 Å². The van der Waals surface area contributed by atoms with Gasteiger partial charge in [0.2, 0.25) is 11.8 Å². The van der Waals surface area contributed by atoms with Gasteiger partial charge in [0.1, 0.15) is 0 Å². The van der Waals surface area contributed by atoms with E-state index in [2.05, 4.69) is 10.4 Å². The summed E-state index contributed by atoms with van der Waals surface area (Å²) in [6.45, 7) is 2.85. The Morgan fingerprint density at radius 2 is 1.93 bits per heavy atom. The monoisotopic (exact) mass is 369 g/mol. The van der Waals surface area contributed by atoms with E-state index in [1.165, 1.54) is 6.92 Å². The fraction of sp³-hybridized carbons (Fsp3) is 0.368. The highest BCUT2D eigenvalue weighted by molar-refractivity contribution is 5.98. The Kier molecular flexibility index (Phi) is 5.54. The van der Waals surface area contributed by atoms with E-state index in [1.807, 2.05) is 18.2 Å². The van der Waals surface area contributed by atoms with Gasteiger partial charge in [0.15, 0.2) is 0 Å². The number of nitrogens with one attached hydrogen (secondary N) is 1. The van der Waals surface area contributed by atoms with Crippen LogP contribution in [0.1, 0.15) is 35.7 Å². The van der Waals surface area contributed by atoms with Gasteiger partial charge in [0.05, 0.1) is 17.4 Å². The number of para-hydroxylation sites is 1. The second-order valence-electron chi connectivity index (χ2n) is 6.69.